The molecule has 0 radical (unpaired) electrons. The lowest BCUT2D eigenvalue weighted by atomic mass is 9.90. The Balaban J connectivity index is 1.20. The van der Waals surface area contributed by atoms with E-state index in [-0.39, 0.29) is 6.04 Å². The number of likely N-dealkylation sites (N-methyl/N-ethyl adjacent to an activating group) is 1. The first-order valence-electron chi connectivity index (χ1n) is 17.0. The molecule has 5 nitrogen and oxygen atoms in total. The lowest BCUT2D eigenvalue weighted by Gasteiger charge is -2.31. The van der Waals surface area contributed by atoms with E-state index in [0.717, 1.165) is 50.0 Å². The van der Waals surface area contributed by atoms with Gasteiger partial charge in [0.05, 0.1) is 6.04 Å². The summed E-state index contributed by atoms with van der Waals surface area (Å²) in [6.07, 6.45) is 4.50. The standard InChI is InChI=1S/C43H45NO4/c1-44(25-26-48-38-21-15-34(16-22-38)30-41(47-2)43(45)46)42-39-23-17-33(14-13-31-9-5-3-6-10-31)28-36(39)19-20-37-29-35(18-24-40(37)42)27-32-11-7-4-8-12-32/h3-12,15-18,21-24,28-29,41-42H,13-14,19-20,25-27,30H2,1-2H3,(H,45,46). The van der Waals surface area contributed by atoms with E-state index in [1.165, 1.54) is 51.6 Å². The van der Waals surface area contributed by atoms with Crippen molar-refractivity contribution in [1.82, 2.24) is 4.90 Å². The monoisotopic (exact) mass is 639 g/mol. The third-order valence-corrected chi connectivity index (χ3v) is 9.52. The van der Waals surface area contributed by atoms with Crippen LogP contribution in [0.2, 0.25) is 0 Å². The van der Waals surface area contributed by atoms with E-state index in [0.29, 0.717) is 13.0 Å². The van der Waals surface area contributed by atoms with E-state index in [1.807, 2.05) is 24.3 Å². The maximum Gasteiger partial charge on any atom is 0.333 e. The molecule has 0 saturated heterocycles. The number of carboxylic acid groups (broad SMARTS) is 1. The van der Waals surface area contributed by atoms with Crippen molar-refractivity contribution in [2.75, 3.05) is 27.3 Å². The Bertz CT molecular complexity index is 1790. The number of hydrogen-bond donors (Lipinski definition) is 1. The number of carboxylic acids is 1. The molecule has 48 heavy (non-hydrogen) atoms. The second-order valence-electron chi connectivity index (χ2n) is 12.9. The number of rotatable bonds is 14. The predicted molar refractivity (Wildman–Crippen MR) is 192 cm³/mol. The molecule has 1 aliphatic rings. The lowest BCUT2D eigenvalue weighted by molar-refractivity contribution is -0.148. The molecule has 2 atom stereocenters. The van der Waals surface area contributed by atoms with Crippen LogP contribution in [0.15, 0.2) is 121 Å². The molecule has 0 fully saturated rings. The van der Waals surface area contributed by atoms with Gasteiger partial charge < -0.3 is 14.6 Å². The van der Waals surface area contributed by atoms with Crippen LogP contribution in [0.3, 0.4) is 0 Å². The van der Waals surface area contributed by atoms with Crippen molar-refractivity contribution in [2.45, 2.75) is 50.7 Å². The largest absolute Gasteiger partial charge is 0.492 e. The number of methoxy groups -OCH3 is 1. The number of aryl methyl sites for hydroxylation is 4. The van der Waals surface area contributed by atoms with Gasteiger partial charge in [-0.1, -0.05) is 109 Å². The lowest BCUT2D eigenvalue weighted by Crippen LogP contribution is -2.30. The van der Waals surface area contributed by atoms with Gasteiger partial charge in [-0.3, -0.25) is 4.90 Å². The summed E-state index contributed by atoms with van der Waals surface area (Å²) in [4.78, 5) is 13.8. The van der Waals surface area contributed by atoms with Crippen molar-refractivity contribution in [3.63, 3.8) is 0 Å². The first-order valence-corrected chi connectivity index (χ1v) is 17.0. The Labute approximate surface area is 284 Å². The number of fused-ring (bicyclic) bond motifs is 2. The van der Waals surface area contributed by atoms with Crippen LogP contribution in [0.25, 0.3) is 0 Å². The van der Waals surface area contributed by atoms with E-state index >= 15 is 0 Å². The Hall–Kier alpha value is -4.71. The van der Waals surface area contributed by atoms with Crippen molar-refractivity contribution in [3.05, 3.63) is 171 Å². The molecule has 2 unspecified atom stereocenters. The van der Waals surface area contributed by atoms with Gasteiger partial charge in [-0.05, 0) is 101 Å². The van der Waals surface area contributed by atoms with Crippen LogP contribution >= 0.6 is 0 Å². The molecule has 5 aromatic carbocycles. The molecule has 1 N–H and O–H groups in total. The summed E-state index contributed by atoms with van der Waals surface area (Å²) >= 11 is 0. The summed E-state index contributed by atoms with van der Waals surface area (Å²) in [7, 11) is 3.63. The van der Waals surface area contributed by atoms with E-state index in [2.05, 4.69) is 109 Å². The molecular weight excluding hydrogens is 594 g/mol. The minimum Gasteiger partial charge on any atom is -0.492 e. The van der Waals surface area contributed by atoms with Gasteiger partial charge in [-0.25, -0.2) is 4.79 Å². The van der Waals surface area contributed by atoms with Gasteiger partial charge in [0.25, 0.3) is 0 Å². The molecule has 0 aromatic heterocycles. The van der Waals surface area contributed by atoms with Crippen molar-refractivity contribution >= 4 is 5.97 Å². The minimum atomic E-state index is -0.960. The second kappa shape index (κ2) is 15.9. The summed E-state index contributed by atoms with van der Waals surface area (Å²) in [6.45, 7) is 1.28. The molecule has 5 aromatic rings. The predicted octanol–water partition coefficient (Wildman–Crippen LogP) is 7.90. The van der Waals surface area contributed by atoms with Crippen LogP contribution in [-0.4, -0.2) is 49.4 Å². The van der Waals surface area contributed by atoms with Crippen LogP contribution in [0.5, 0.6) is 5.75 Å². The van der Waals surface area contributed by atoms with Gasteiger partial charge in [-0.15, -0.1) is 0 Å². The molecule has 0 saturated carbocycles. The fourth-order valence-corrected chi connectivity index (χ4v) is 6.87. The molecule has 5 heteroatoms. The van der Waals surface area contributed by atoms with E-state index in [1.54, 1.807) is 0 Å². The summed E-state index contributed by atoms with van der Waals surface area (Å²) in [6, 6.07) is 43.5. The first-order chi connectivity index (χ1) is 23.5. The highest BCUT2D eigenvalue weighted by Gasteiger charge is 2.27. The Kier molecular flexibility index (Phi) is 11.0. The zero-order valence-electron chi connectivity index (χ0n) is 28.0. The number of benzene rings is 5. The molecule has 0 amide bonds. The smallest absolute Gasteiger partial charge is 0.333 e. The highest BCUT2D eigenvalue weighted by molar-refractivity contribution is 5.72. The molecule has 6 rings (SSSR count). The molecule has 0 aliphatic heterocycles. The van der Waals surface area contributed by atoms with Crippen LogP contribution in [0.4, 0.5) is 0 Å². The fraction of sp³-hybridized carbons (Fsp3) is 0.279. The van der Waals surface area contributed by atoms with Crippen LogP contribution in [0.1, 0.15) is 56.1 Å². The Morgan fingerprint density at radius 3 is 1.92 bits per heavy atom. The van der Waals surface area contributed by atoms with Crippen LogP contribution in [0, 0.1) is 0 Å². The molecule has 0 bridgehead atoms. The number of aliphatic carboxylic acids is 1. The van der Waals surface area contributed by atoms with Gasteiger partial charge in [0.2, 0.25) is 0 Å². The average Bonchev–Trinajstić information content (AvgIpc) is 3.27. The van der Waals surface area contributed by atoms with Crippen molar-refractivity contribution < 1.29 is 19.4 Å². The van der Waals surface area contributed by atoms with E-state index in [9.17, 15) is 9.90 Å². The second-order valence-corrected chi connectivity index (χ2v) is 12.9. The Morgan fingerprint density at radius 2 is 1.29 bits per heavy atom. The van der Waals surface area contributed by atoms with Gasteiger partial charge in [0.15, 0.2) is 6.10 Å². The van der Waals surface area contributed by atoms with Crippen molar-refractivity contribution in [1.29, 1.82) is 0 Å². The number of carbonyl (C=O) groups is 1. The Morgan fingerprint density at radius 1 is 0.729 bits per heavy atom. The maximum absolute atomic E-state index is 11.3. The third-order valence-electron chi connectivity index (χ3n) is 9.52. The van der Waals surface area contributed by atoms with Gasteiger partial charge in [-0.2, -0.15) is 0 Å². The quantitative estimate of drug-likeness (QED) is 0.134. The summed E-state index contributed by atoms with van der Waals surface area (Å²) in [5.74, 6) is -0.190. The zero-order chi connectivity index (χ0) is 33.3. The first kappa shape index (κ1) is 33.2. The maximum atomic E-state index is 11.3. The van der Waals surface area contributed by atoms with E-state index < -0.39 is 12.1 Å². The SMILES string of the molecule is COC(Cc1ccc(OCCN(C)C2c3ccc(CCc4ccccc4)cc3CCc3cc(Cc4ccccc4)ccc32)cc1)C(=O)O. The van der Waals surface area contributed by atoms with Gasteiger partial charge in [0, 0.05) is 20.1 Å². The summed E-state index contributed by atoms with van der Waals surface area (Å²) in [5.41, 5.74) is 12.0. The normalized spacial score (nSPS) is 14.5. The van der Waals surface area contributed by atoms with Crippen LogP contribution in [-0.2, 0) is 48.1 Å². The van der Waals surface area contributed by atoms with Gasteiger partial charge in [0.1, 0.15) is 12.4 Å². The molecule has 1 aliphatic carbocycles. The average molecular weight is 640 g/mol. The fourth-order valence-electron chi connectivity index (χ4n) is 6.87. The van der Waals surface area contributed by atoms with E-state index in [4.69, 9.17) is 9.47 Å². The van der Waals surface area contributed by atoms with Gasteiger partial charge >= 0.3 is 5.97 Å². The molecule has 246 valence electrons. The topological polar surface area (TPSA) is 59.0 Å². The minimum absolute atomic E-state index is 0.124. The summed E-state index contributed by atoms with van der Waals surface area (Å²) in [5, 5.41) is 9.30. The zero-order valence-corrected chi connectivity index (χ0v) is 28.0. The number of nitrogens with zero attached hydrogens (tertiary/aromatic N) is 1. The number of hydrogen-bond acceptors (Lipinski definition) is 4. The van der Waals surface area contributed by atoms with Crippen molar-refractivity contribution in [2.24, 2.45) is 0 Å². The molecule has 0 heterocycles. The summed E-state index contributed by atoms with van der Waals surface area (Å²) < 4.78 is 11.3. The third kappa shape index (κ3) is 8.41. The highest BCUT2D eigenvalue weighted by atomic mass is 16.5. The van der Waals surface area contributed by atoms with Crippen LogP contribution < -0.4 is 4.74 Å². The van der Waals surface area contributed by atoms with Crippen molar-refractivity contribution in [3.8, 4) is 5.75 Å². The molecule has 0 spiro atoms. The number of ether oxygens (including phenoxy) is 2. The molecular formula is C43H45NO4. The highest BCUT2D eigenvalue weighted by Crippen LogP contribution is 2.37.